The minimum absolute atomic E-state index is 0.234. The number of Topliss-reactive ketones (excluding diaryl/α,β-unsaturated/α-hetero) is 1. The van der Waals surface area contributed by atoms with Gasteiger partial charge in [0.05, 0.1) is 18.4 Å². The van der Waals surface area contributed by atoms with Crippen molar-refractivity contribution in [1.29, 1.82) is 0 Å². The second-order valence-corrected chi connectivity index (χ2v) is 6.67. The Morgan fingerprint density at radius 2 is 1.90 bits per heavy atom. The monoisotopic (exact) mass is 294 g/mol. The van der Waals surface area contributed by atoms with Crippen molar-refractivity contribution in [3.63, 3.8) is 0 Å². The highest BCUT2D eigenvalue weighted by Gasteiger charge is 2.18. The molecule has 2 rings (SSSR count). The van der Waals surface area contributed by atoms with Crippen molar-refractivity contribution in [1.82, 2.24) is 0 Å². The molecule has 0 spiro atoms. The predicted molar refractivity (Wildman–Crippen MR) is 80.2 cm³/mol. The third-order valence-corrected chi connectivity index (χ3v) is 5.06. The van der Waals surface area contributed by atoms with Crippen LogP contribution < -0.4 is 0 Å². The van der Waals surface area contributed by atoms with E-state index in [0.29, 0.717) is 12.3 Å². The Balaban J connectivity index is 1.90. The van der Waals surface area contributed by atoms with E-state index in [2.05, 4.69) is 4.74 Å². The normalized spacial score (nSPS) is 16.6. The SMILES string of the molecule is COC(=O)Cc1ccc(C(=O)CC2CCCCCC2)s1. The first-order chi connectivity index (χ1) is 9.69. The Hall–Kier alpha value is -1.16. The molecule has 1 saturated carbocycles. The maximum Gasteiger partial charge on any atom is 0.310 e. The van der Waals surface area contributed by atoms with E-state index >= 15 is 0 Å². The Morgan fingerprint density at radius 1 is 1.20 bits per heavy atom. The molecule has 1 fully saturated rings. The number of thiophene rings is 1. The summed E-state index contributed by atoms with van der Waals surface area (Å²) >= 11 is 1.43. The second-order valence-electron chi connectivity index (χ2n) is 5.50. The lowest BCUT2D eigenvalue weighted by molar-refractivity contribution is -0.139. The molecule has 3 nitrogen and oxygen atoms in total. The summed E-state index contributed by atoms with van der Waals surface area (Å²) in [6.45, 7) is 0. The van der Waals surface area contributed by atoms with Crippen LogP contribution in [0.3, 0.4) is 0 Å². The highest BCUT2D eigenvalue weighted by Crippen LogP contribution is 2.28. The highest BCUT2D eigenvalue weighted by molar-refractivity contribution is 7.14. The van der Waals surface area contributed by atoms with E-state index < -0.39 is 0 Å². The number of hydrogen-bond acceptors (Lipinski definition) is 4. The van der Waals surface area contributed by atoms with Gasteiger partial charge in [0.2, 0.25) is 0 Å². The van der Waals surface area contributed by atoms with Gasteiger partial charge in [-0.3, -0.25) is 9.59 Å². The van der Waals surface area contributed by atoms with Crippen LogP contribution in [0.25, 0.3) is 0 Å². The molecule has 0 bridgehead atoms. The van der Waals surface area contributed by atoms with Crippen molar-refractivity contribution in [2.24, 2.45) is 5.92 Å². The average Bonchev–Trinajstić information content (AvgIpc) is 2.75. The van der Waals surface area contributed by atoms with Crippen molar-refractivity contribution in [2.75, 3.05) is 7.11 Å². The lowest BCUT2D eigenvalue weighted by Crippen LogP contribution is -2.07. The van der Waals surface area contributed by atoms with E-state index in [1.165, 1.54) is 57.0 Å². The van der Waals surface area contributed by atoms with E-state index in [4.69, 9.17) is 0 Å². The van der Waals surface area contributed by atoms with Crippen molar-refractivity contribution in [3.8, 4) is 0 Å². The standard InChI is InChI=1S/C16H22O3S/c1-19-16(18)11-13-8-9-15(20-13)14(17)10-12-6-4-2-3-5-7-12/h8-9,12H,2-7,10-11H2,1H3. The lowest BCUT2D eigenvalue weighted by atomic mass is 9.94. The van der Waals surface area contributed by atoms with Crippen LogP contribution in [0.4, 0.5) is 0 Å². The van der Waals surface area contributed by atoms with Crippen molar-refractivity contribution >= 4 is 23.1 Å². The molecule has 0 radical (unpaired) electrons. The molecule has 1 heterocycles. The van der Waals surface area contributed by atoms with Gasteiger partial charge in [0.15, 0.2) is 5.78 Å². The van der Waals surface area contributed by atoms with Gasteiger partial charge in [0.25, 0.3) is 0 Å². The smallest absolute Gasteiger partial charge is 0.310 e. The molecule has 1 aliphatic carbocycles. The Morgan fingerprint density at radius 3 is 2.55 bits per heavy atom. The zero-order chi connectivity index (χ0) is 14.4. The quantitative estimate of drug-likeness (QED) is 0.468. The second kappa shape index (κ2) is 7.58. The van der Waals surface area contributed by atoms with Gasteiger partial charge in [-0.05, 0) is 18.1 Å². The van der Waals surface area contributed by atoms with E-state index in [1.807, 2.05) is 12.1 Å². The summed E-state index contributed by atoms with van der Waals surface area (Å²) in [6, 6.07) is 3.71. The summed E-state index contributed by atoms with van der Waals surface area (Å²) in [4.78, 5) is 25.2. The van der Waals surface area contributed by atoms with Gasteiger partial charge in [-0.25, -0.2) is 0 Å². The van der Waals surface area contributed by atoms with Crippen LogP contribution in [0, 0.1) is 5.92 Å². The van der Waals surface area contributed by atoms with E-state index in [-0.39, 0.29) is 18.2 Å². The number of hydrogen-bond donors (Lipinski definition) is 0. The summed E-state index contributed by atoms with van der Waals surface area (Å²) in [7, 11) is 1.38. The van der Waals surface area contributed by atoms with E-state index in [9.17, 15) is 9.59 Å². The first-order valence-corrected chi connectivity index (χ1v) is 8.19. The molecule has 0 atom stereocenters. The third kappa shape index (κ3) is 4.44. The lowest BCUT2D eigenvalue weighted by Gasteiger charge is -2.11. The molecule has 1 aromatic rings. The molecule has 20 heavy (non-hydrogen) atoms. The summed E-state index contributed by atoms with van der Waals surface area (Å²) in [5.41, 5.74) is 0. The van der Waals surface area contributed by atoms with Crippen molar-refractivity contribution in [2.45, 2.75) is 51.4 Å². The third-order valence-electron chi connectivity index (χ3n) is 3.93. The molecular formula is C16H22O3S. The molecule has 110 valence electrons. The number of methoxy groups -OCH3 is 1. The van der Waals surface area contributed by atoms with Crippen LogP contribution in [0.2, 0.25) is 0 Å². The van der Waals surface area contributed by atoms with Gasteiger partial charge < -0.3 is 4.74 Å². The number of rotatable bonds is 5. The van der Waals surface area contributed by atoms with Crippen LogP contribution in [0.5, 0.6) is 0 Å². The largest absolute Gasteiger partial charge is 0.469 e. The molecule has 0 aromatic carbocycles. The van der Waals surface area contributed by atoms with Gasteiger partial charge in [0.1, 0.15) is 0 Å². The highest BCUT2D eigenvalue weighted by atomic mass is 32.1. The molecule has 0 N–H and O–H groups in total. The molecule has 1 aromatic heterocycles. The van der Waals surface area contributed by atoms with Crippen LogP contribution in [-0.2, 0) is 16.0 Å². The Bertz CT molecular complexity index is 456. The fourth-order valence-corrected chi connectivity index (χ4v) is 3.71. The van der Waals surface area contributed by atoms with E-state index in [1.54, 1.807) is 0 Å². The van der Waals surface area contributed by atoms with Crippen LogP contribution >= 0.6 is 11.3 Å². The van der Waals surface area contributed by atoms with Gasteiger partial charge in [-0.2, -0.15) is 0 Å². The van der Waals surface area contributed by atoms with Crippen molar-refractivity contribution < 1.29 is 14.3 Å². The number of ether oxygens (including phenoxy) is 1. The van der Waals surface area contributed by atoms with Gasteiger partial charge >= 0.3 is 5.97 Å². The maximum atomic E-state index is 12.3. The first-order valence-electron chi connectivity index (χ1n) is 7.37. The average molecular weight is 294 g/mol. The van der Waals surface area contributed by atoms with Crippen LogP contribution in [-0.4, -0.2) is 18.9 Å². The topological polar surface area (TPSA) is 43.4 Å². The van der Waals surface area contributed by atoms with Gasteiger partial charge in [-0.1, -0.05) is 38.5 Å². The predicted octanol–water partition coefficient (Wildman–Crippen LogP) is 4.01. The minimum Gasteiger partial charge on any atom is -0.469 e. The molecule has 0 aliphatic heterocycles. The minimum atomic E-state index is -0.255. The number of ketones is 1. The summed E-state index contributed by atoms with van der Waals surface area (Å²) < 4.78 is 4.64. The fraction of sp³-hybridized carbons (Fsp3) is 0.625. The molecular weight excluding hydrogens is 272 g/mol. The molecule has 0 saturated heterocycles. The zero-order valence-electron chi connectivity index (χ0n) is 12.0. The summed E-state index contributed by atoms with van der Waals surface area (Å²) in [5.74, 6) is 0.531. The number of esters is 1. The van der Waals surface area contributed by atoms with Gasteiger partial charge in [-0.15, -0.1) is 11.3 Å². The van der Waals surface area contributed by atoms with Gasteiger partial charge in [0, 0.05) is 11.3 Å². The van der Waals surface area contributed by atoms with Crippen LogP contribution in [0.15, 0.2) is 12.1 Å². The van der Waals surface area contributed by atoms with Crippen LogP contribution in [0.1, 0.15) is 59.5 Å². The molecule has 1 aliphatic rings. The van der Waals surface area contributed by atoms with Crippen molar-refractivity contribution in [3.05, 3.63) is 21.9 Å². The number of carbonyl (C=O) groups is 2. The zero-order valence-corrected chi connectivity index (χ0v) is 12.8. The molecule has 0 unspecified atom stereocenters. The number of carbonyl (C=O) groups excluding carboxylic acids is 2. The summed E-state index contributed by atoms with van der Waals surface area (Å²) in [5, 5.41) is 0. The van der Waals surface area contributed by atoms with E-state index in [0.717, 1.165) is 9.75 Å². The summed E-state index contributed by atoms with van der Waals surface area (Å²) in [6.07, 6.45) is 8.44. The fourth-order valence-electron chi connectivity index (χ4n) is 2.77. The Kier molecular flexibility index (Phi) is 5.77. The first kappa shape index (κ1) is 15.2. The Labute approximate surface area is 124 Å². The maximum absolute atomic E-state index is 12.3. The molecule has 4 heteroatoms. The molecule has 0 amide bonds.